The number of nitrogens with zero attached hydrogens (tertiary/aromatic N) is 5. The summed E-state index contributed by atoms with van der Waals surface area (Å²) in [4.78, 5) is 15.1. The van der Waals surface area contributed by atoms with Gasteiger partial charge in [-0.3, -0.25) is 9.38 Å². The number of fused-ring (bicyclic) bond motifs is 1. The van der Waals surface area contributed by atoms with Crippen LogP contribution >= 0.6 is 0 Å². The molecule has 4 aromatic rings. The van der Waals surface area contributed by atoms with Gasteiger partial charge in [-0.2, -0.15) is 13.2 Å². The van der Waals surface area contributed by atoms with Crippen LogP contribution in [0.3, 0.4) is 0 Å². The Morgan fingerprint density at radius 2 is 1.69 bits per heavy atom. The molecule has 0 saturated carbocycles. The van der Waals surface area contributed by atoms with Crippen molar-refractivity contribution in [2.75, 3.05) is 11.9 Å². The van der Waals surface area contributed by atoms with E-state index < -0.39 is 11.7 Å². The predicted molar refractivity (Wildman–Crippen MR) is 105 cm³/mol. The minimum absolute atomic E-state index is 0.524. The molecule has 1 aromatic carbocycles. The summed E-state index contributed by atoms with van der Waals surface area (Å²) in [5.74, 6) is 0.825. The Kier molecular flexibility index (Phi) is 4.70. The molecule has 3 aromatic heterocycles. The lowest BCUT2D eigenvalue weighted by Crippen LogP contribution is -2.18. The van der Waals surface area contributed by atoms with Crippen LogP contribution in [0.25, 0.3) is 16.9 Å². The largest absolute Gasteiger partial charge is 0.416 e. The molecule has 29 heavy (non-hydrogen) atoms. The van der Waals surface area contributed by atoms with E-state index in [4.69, 9.17) is 0 Å². The fourth-order valence-electron chi connectivity index (χ4n) is 3.06. The maximum atomic E-state index is 12.8. The lowest BCUT2D eigenvalue weighted by molar-refractivity contribution is -0.137. The highest BCUT2D eigenvalue weighted by atomic mass is 19.4. The molecule has 5 nitrogen and oxygen atoms in total. The van der Waals surface area contributed by atoms with E-state index >= 15 is 0 Å². The first kappa shape index (κ1) is 18.9. The summed E-state index contributed by atoms with van der Waals surface area (Å²) in [7, 11) is 1.92. The van der Waals surface area contributed by atoms with E-state index in [2.05, 4.69) is 15.0 Å². The van der Waals surface area contributed by atoms with Crippen molar-refractivity contribution in [2.24, 2.45) is 0 Å². The van der Waals surface area contributed by atoms with Crippen LogP contribution in [0.1, 0.15) is 16.8 Å². The van der Waals surface area contributed by atoms with Crippen LogP contribution in [0.2, 0.25) is 0 Å². The number of halogens is 3. The molecule has 0 unspecified atom stereocenters. The lowest BCUT2D eigenvalue weighted by atomic mass is 10.1. The first-order valence-electron chi connectivity index (χ1n) is 8.95. The number of alkyl halides is 3. The topological polar surface area (TPSA) is 46.3 Å². The highest BCUT2D eigenvalue weighted by Gasteiger charge is 2.30. The minimum atomic E-state index is -4.36. The first-order chi connectivity index (χ1) is 13.8. The SMILES string of the molecule is Cc1ccc(N(C)Cc2cn3c(-c4ccc(C(F)(F)F)cc4)cnc3cn2)nc1. The van der Waals surface area contributed by atoms with Crippen molar-refractivity contribution in [3.63, 3.8) is 0 Å². The molecule has 0 aliphatic rings. The van der Waals surface area contributed by atoms with Crippen LogP contribution in [-0.2, 0) is 12.7 Å². The van der Waals surface area contributed by atoms with Gasteiger partial charge in [0.2, 0.25) is 0 Å². The van der Waals surface area contributed by atoms with Gasteiger partial charge in [0.15, 0.2) is 5.65 Å². The second-order valence-electron chi connectivity index (χ2n) is 6.88. The molecule has 0 saturated heterocycles. The summed E-state index contributed by atoms with van der Waals surface area (Å²) in [6, 6.07) is 9.00. The van der Waals surface area contributed by atoms with Gasteiger partial charge < -0.3 is 4.90 Å². The van der Waals surface area contributed by atoms with E-state index in [9.17, 15) is 13.2 Å². The standard InChI is InChI=1S/C21H18F3N5/c1-14-3-8-19(26-9-14)28(2)12-17-13-29-18(10-27-20(29)11-25-17)15-4-6-16(7-5-15)21(22,23)24/h3-11,13H,12H2,1-2H3. The van der Waals surface area contributed by atoms with Crippen LogP contribution < -0.4 is 4.90 Å². The number of aromatic nitrogens is 4. The molecule has 0 N–H and O–H groups in total. The number of hydrogen-bond donors (Lipinski definition) is 0. The fraction of sp³-hybridized carbons (Fsp3) is 0.190. The van der Waals surface area contributed by atoms with Crippen molar-refractivity contribution in [1.82, 2.24) is 19.4 Å². The number of imidazole rings is 1. The molecule has 3 heterocycles. The third kappa shape index (κ3) is 3.91. The number of rotatable bonds is 4. The van der Waals surface area contributed by atoms with Gasteiger partial charge in [0.05, 0.1) is 35.9 Å². The van der Waals surface area contributed by atoms with Crippen LogP contribution in [-0.4, -0.2) is 26.4 Å². The monoisotopic (exact) mass is 397 g/mol. The number of aryl methyl sites for hydroxylation is 1. The average Bonchev–Trinajstić information content (AvgIpc) is 3.11. The van der Waals surface area contributed by atoms with E-state index in [-0.39, 0.29) is 0 Å². The summed E-state index contributed by atoms with van der Waals surface area (Å²) >= 11 is 0. The smallest absolute Gasteiger partial charge is 0.354 e. The van der Waals surface area contributed by atoms with Gasteiger partial charge >= 0.3 is 6.18 Å². The van der Waals surface area contributed by atoms with Gasteiger partial charge in [-0.15, -0.1) is 0 Å². The normalized spacial score (nSPS) is 11.8. The Labute approximate surface area is 165 Å². The molecule has 0 radical (unpaired) electrons. The molecule has 0 fully saturated rings. The Morgan fingerprint density at radius 1 is 0.931 bits per heavy atom. The summed E-state index contributed by atoms with van der Waals surface area (Å²) in [5.41, 5.74) is 3.17. The third-order valence-corrected chi connectivity index (χ3v) is 4.64. The van der Waals surface area contributed by atoms with Gasteiger partial charge in [0.25, 0.3) is 0 Å². The van der Waals surface area contributed by atoms with E-state index in [0.29, 0.717) is 23.4 Å². The quantitative estimate of drug-likeness (QED) is 0.498. The lowest BCUT2D eigenvalue weighted by Gasteiger charge is -2.18. The number of benzene rings is 1. The molecule has 148 valence electrons. The Balaban J connectivity index is 1.63. The van der Waals surface area contributed by atoms with E-state index in [0.717, 1.165) is 29.2 Å². The second-order valence-corrected chi connectivity index (χ2v) is 6.88. The Bertz CT molecular complexity index is 1130. The van der Waals surface area contributed by atoms with Crippen molar-refractivity contribution < 1.29 is 13.2 Å². The van der Waals surface area contributed by atoms with Gasteiger partial charge in [0.1, 0.15) is 5.82 Å². The number of anilines is 1. The summed E-state index contributed by atoms with van der Waals surface area (Å²) < 4.78 is 40.3. The highest BCUT2D eigenvalue weighted by molar-refractivity contribution is 5.63. The predicted octanol–water partition coefficient (Wildman–Crippen LogP) is 4.75. The molecule has 0 bridgehead atoms. The summed E-state index contributed by atoms with van der Waals surface area (Å²) in [6.07, 6.45) is 2.58. The molecule has 8 heteroatoms. The molecule has 0 aliphatic heterocycles. The number of hydrogen-bond acceptors (Lipinski definition) is 4. The van der Waals surface area contributed by atoms with Crippen LogP contribution in [0.15, 0.2) is 61.2 Å². The van der Waals surface area contributed by atoms with Crippen LogP contribution in [0.4, 0.5) is 19.0 Å². The molecule has 0 aliphatic carbocycles. The highest BCUT2D eigenvalue weighted by Crippen LogP contribution is 2.31. The third-order valence-electron chi connectivity index (χ3n) is 4.64. The van der Waals surface area contributed by atoms with Gasteiger partial charge in [-0.1, -0.05) is 18.2 Å². The maximum Gasteiger partial charge on any atom is 0.416 e. The van der Waals surface area contributed by atoms with Crippen molar-refractivity contribution >= 4 is 11.5 Å². The maximum absolute atomic E-state index is 12.8. The molecule has 4 rings (SSSR count). The van der Waals surface area contributed by atoms with E-state index in [1.165, 1.54) is 12.1 Å². The average molecular weight is 397 g/mol. The van der Waals surface area contributed by atoms with Crippen molar-refractivity contribution in [2.45, 2.75) is 19.6 Å². The van der Waals surface area contributed by atoms with Crippen LogP contribution in [0.5, 0.6) is 0 Å². The summed E-state index contributed by atoms with van der Waals surface area (Å²) in [6.45, 7) is 2.50. The molecule has 0 spiro atoms. The summed E-state index contributed by atoms with van der Waals surface area (Å²) in [5, 5.41) is 0. The van der Waals surface area contributed by atoms with Gasteiger partial charge in [-0.25, -0.2) is 9.97 Å². The van der Waals surface area contributed by atoms with Crippen LogP contribution in [0, 0.1) is 6.92 Å². The zero-order valence-electron chi connectivity index (χ0n) is 15.9. The zero-order valence-corrected chi connectivity index (χ0v) is 15.9. The van der Waals surface area contributed by atoms with Crippen molar-refractivity contribution in [3.8, 4) is 11.3 Å². The van der Waals surface area contributed by atoms with Gasteiger partial charge in [-0.05, 0) is 30.7 Å². The van der Waals surface area contributed by atoms with Gasteiger partial charge in [0, 0.05) is 25.0 Å². The Hall–Kier alpha value is -3.42. The molecule has 0 amide bonds. The molecular formula is C21H18F3N5. The zero-order chi connectivity index (χ0) is 20.6. The first-order valence-corrected chi connectivity index (χ1v) is 8.95. The van der Waals surface area contributed by atoms with Crippen molar-refractivity contribution in [1.29, 1.82) is 0 Å². The molecule has 0 atom stereocenters. The molecular weight excluding hydrogens is 379 g/mol. The number of pyridine rings is 1. The minimum Gasteiger partial charge on any atom is -0.354 e. The van der Waals surface area contributed by atoms with E-state index in [1.54, 1.807) is 18.6 Å². The fourth-order valence-corrected chi connectivity index (χ4v) is 3.06. The Morgan fingerprint density at radius 3 is 2.34 bits per heavy atom. The second kappa shape index (κ2) is 7.20. The van der Waals surface area contributed by atoms with E-state index in [1.807, 2.05) is 41.6 Å². The van der Waals surface area contributed by atoms with Crippen molar-refractivity contribution in [3.05, 3.63) is 78.0 Å².